The molecule has 0 saturated carbocycles. The molecule has 0 aliphatic rings. The summed E-state index contributed by atoms with van der Waals surface area (Å²) in [7, 11) is 0. The molecule has 0 atom stereocenters. The van der Waals surface area contributed by atoms with Crippen LogP contribution in [0, 0.1) is 0 Å². The predicted octanol–water partition coefficient (Wildman–Crippen LogP) is 4.43. The summed E-state index contributed by atoms with van der Waals surface area (Å²) in [5.41, 5.74) is -0.918. The van der Waals surface area contributed by atoms with E-state index in [0.717, 1.165) is 12.8 Å². The molecule has 0 aromatic carbocycles. The first-order valence-corrected chi connectivity index (χ1v) is 9.99. The van der Waals surface area contributed by atoms with Gasteiger partial charge in [-0.3, -0.25) is 0 Å². The molecule has 0 aliphatic heterocycles. The first-order chi connectivity index (χ1) is 12.0. The maximum atomic E-state index is 12.0. The highest BCUT2D eigenvalue weighted by molar-refractivity contribution is 5.77. The zero-order chi connectivity index (χ0) is 18.5. The average molecular weight is 353 g/mol. The third-order valence-corrected chi connectivity index (χ3v) is 4.48. The van der Waals surface area contributed by atoms with Crippen molar-refractivity contribution >= 4 is 5.97 Å². The summed E-state index contributed by atoms with van der Waals surface area (Å²) in [4.78, 5) is 13.3. The van der Waals surface area contributed by atoms with E-state index in [0.29, 0.717) is 12.4 Å². The van der Waals surface area contributed by atoms with Gasteiger partial charge in [0.05, 0.1) is 6.61 Å². The van der Waals surface area contributed by atoms with Gasteiger partial charge >= 0.3 is 5.97 Å². The van der Waals surface area contributed by atoms with Gasteiger partial charge in [0, 0.05) is 6.42 Å². The third-order valence-electron chi connectivity index (χ3n) is 4.48. The van der Waals surface area contributed by atoms with E-state index in [-0.39, 0.29) is 5.97 Å². The molecule has 0 fully saturated rings. The molecular formula is C19H36N4O2. The third kappa shape index (κ3) is 7.97. The van der Waals surface area contributed by atoms with Crippen LogP contribution in [-0.2, 0) is 21.5 Å². The van der Waals surface area contributed by atoms with Gasteiger partial charge in [0.2, 0.25) is 0 Å². The van der Waals surface area contributed by atoms with E-state index in [1.54, 1.807) is 20.8 Å². The molecule has 1 heterocycles. The minimum atomic E-state index is -0.918. The zero-order valence-corrected chi connectivity index (χ0v) is 16.6. The van der Waals surface area contributed by atoms with Crippen LogP contribution in [0.2, 0.25) is 0 Å². The number of aromatic nitrogens is 4. The Balaban J connectivity index is 2.18. The van der Waals surface area contributed by atoms with E-state index >= 15 is 0 Å². The van der Waals surface area contributed by atoms with Gasteiger partial charge in [-0.2, -0.15) is 0 Å². The largest absolute Gasteiger partial charge is 0.464 e. The number of hydrogen-bond acceptors (Lipinski definition) is 5. The molecule has 0 N–H and O–H groups in total. The van der Waals surface area contributed by atoms with E-state index in [2.05, 4.69) is 22.3 Å². The van der Waals surface area contributed by atoms with Gasteiger partial charge in [-0.25, -0.2) is 4.79 Å². The van der Waals surface area contributed by atoms with Crippen molar-refractivity contribution in [2.24, 2.45) is 0 Å². The molecule has 144 valence electrons. The van der Waals surface area contributed by atoms with E-state index in [4.69, 9.17) is 4.74 Å². The van der Waals surface area contributed by atoms with Gasteiger partial charge < -0.3 is 4.74 Å². The van der Waals surface area contributed by atoms with Crippen molar-refractivity contribution in [2.75, 3.05) is 6.61 Å². The Morgan fingerprint density at radius 2 is 1.52 bits per heavy atom. The fraction of sp³-hybridized carbons (Fsp3) is 0.895. The maximum absolute atomic E-state index is 12.0. The van der Waals surface area contributed by atoms with Crippen LogP contribution in [0.15, 0.2) is 0 Å². The molecule has 0 spiro atoms. The van der Waals surface area contributed by atoms with Crippen molar-refractivity contribution in [1.29, 1.82) is 0 Å². The topological polar surface area (TPSA) is 69.9 Å². The van der Waals surface area contributed by atoms with E-state index in [1.807, 2.05) is 0 Å². The summed E-state index contributed by atoms with van der Waals surface area (Å²) >= 11 is 0. The van der Waals surface area contributed by atoms with Crippen LogP contribution < -0.4 is 0 Å². The summed E-state index contributed by atoms with van der Waals surface area (Å²) in [5, 5.41) is 12.5. The fourth-order valence-corrected chi connectivity index (χ4v) is 2.74. The molecule has 0 radical (unpaired) electrons. The van der Waals surface area contributed by atoms with Gasteiger partial charge in [-0.05, 0) is 32.4 Å². The summed E-state index contributed by atoms with van der Waals surface area (Å²) in [6, 6.07) is 0. The van der Waals surface area contributed by atoms with Crippen LogP contribution in [0.4, 0.5) is 0 Å². The Kier molecular flexibility index (Phi) is 10.3. The van der Waals surface area contributed by atoms with Gasteiger partial charge in [0.15, 0.2) is 11.4 Å². The van der Waals surface area contributed by atoms with E-state index in [1.165, 1.54) is 62.6 Å². The number of carbonyl (C=O) groups is 1. The molecular weight excluding hydrogens is 316 g/mol. The lowest BCUT2D eigenvalue weighted by atomic mass is 10.1. The molecule has 0 aliphatic carbocycles. The highest BCUT2D eigenvalue weighted by Gasteiger charge is 2.34. The minimum absolute atomic E-state index is 0.335. The number of esters is 1. The number of tetrazole rings is 1. The smallest absolute Gasteiger partial charge is 0.335 e. The highest BCUT2D eigenvalue weighted by atomic mass is 16.5. The first-order valence-electron chi connectivity index (χ1n) is 9.99. The van der Waals surface area contributed by atoms with Crippen molar-refractivity contribution in [3.8, 4) is 0 Å². The molecule has 1 aromatic heterocycles. The molecule has 0 saturated heterocycles. The number of ether oxygens (including phenoxy) is 1. The van der Waals surface area contributed by atoms with Gasteiger partial charge in [-0.1, -0.05) is 64.7 Å². The van der Waals surface area contributed by atoms with Crippen LogP contribution in [0.3, 0.4) is 0 Å². The second kappa shape index (κ2) is 12.0. The molecule has 0 unspecified atom stereocenters. The van der Waals surface area contributed by atoms with Crippen LogP contribution in [0.25, 0.3) is 0 Å². The zero-order valence-electron chi connectivity index (χ0n) is 16.6. The van der Waals surface area contributed by atoms with E-state index < -0.39 is 5.54 Å². The molecule has 6 nitrogen and oxygen atoms in total. The van der Waals surface area contributed by atoms with Crippen LogP contribution >= 0.6 is 0 Å². The Morgan fingerprint density at radius 3 is 2.08 bits per heavy atom. The van der Waals surface area contributed by atoms with Crippen LogP contribution in [0.5, 0.6) is 0 Å². The van der Waals surface area contributed by atoms with Crippen molar-refractivity contribution in [2.45, 2.75) is 104 Å². The quantitative estimate of drug-likeness (QED) is 0.366. The number of hydrogen-bond donors (Lipinski definition) is 0. The van der Waals surface area contributed by atoms with Crippen LogP contribution in [0.1, 0.15) is 97.7 Å². The summed E-state index contributed by atoms with van der Waals surface area (Å²) in [6.07, 6.45) is 13.9. The molecule has 0 bridgehead atoms. The number of aryl methyl sites for hydroxylation is 1. The number of unbranched alkanes of at least 4 members (excludes halogenated alkanes) is 9. The molecule has 25 heavy (non-hydrogen) atoms. The summed E-state index contributed by atoms with van der Waals surface area (Å²) in [6.45, 7) is 7.89. The SMILES string of the molecule is CCCCCCCCCCCCc1nnn(C(C)(C)C(=O)OCC)n1. The van der Waals surface area contributed by atoms with E-state index in [9.17, 15) is 4.79 Å². The van der Waals surface area contributed by atoms with Crippen molar-refractivity contribution in [1.82, 2.24) is 20.2 Å². The summed E-state index contributed by atoms with van der Waals surface area (Å²) in [5.74, 6) is 0.370. The lowest BCUT2D eigenvalue weighted by Gasteiger charge is -2.20. The van der Waals surface area contributed by atoms with Gasteiger partial charge in [0.1, 0.15) is 0 Å². The second-order valence-electron chi connectivity index (χ2n) is 7.21. The first kappa shape index (κ1) is 21.6. The Hall–Kier alpha value is -1.46. The average Bonchev–Trinajstić information content (AvgIpc) is 3.06. The predicted molar refractivity (Wildman–Crippen MR) is 99.3 cm³/mol. The maximum Gasteiger partial charge on any atom is 0.335 e. The number of rotatable bonds is 14. The Labute approximate surface area is 152 Å². The fourth-order valence-electron chi connectivity index (χ4n) is 2.74. The Morgan fingerprint density at radius 1 is 0.960 bits per heavy atom. The minimum Gasteiger partial charge on any atom is -0.464 e. The van der Waals surface area contributed by atoms with Crippen molar-refractivity contribution in [3.63, 3.8) is 0 Å². The normalized spacial score (nSPS) is 11.7. The standard InChI is InChI=1S/C19H36N4O2/c1-5-7-8-9-10-11-12-13-14-15-16-17-20-22-23(21-17)19(3,4)18(24)25-6-2/h5-16H2,1-4H3. The lowest BCUT2D eigenvalue weighted by molar-refractivity contribution is -0.153. The summed E-state index contributed by atoms with van der Waals surface area (Å²) < 4.78 is 5.07. The molecule has 0 amide bonds. The molecule has 6 heteroatoms. The number of carbonyl (C=O) groups excluding carboxylic acids is 1. The van der Waals surface area contributed by atoms with Gasteiger partial charge in [0.25, 0.3) is 0 Å². The lowest BCUT2D eigenvalue weighted by Crippen LogP contribution is -2.39. The second-order valence-corrected chi connectivity index (χ2v) is 7.21. The Bertz CT molecular complexity index is 486. The number of nitrogens with zero attached hydrogens (tertiary/aromatic N) is 4. The van der Waals surface area contributed by atoms with Crippen LogP contribution in [-0.4, -0.2) is 32.8 Å². The molecule has 1 rings (SSSR count). The van der Waals surface area contributed by atoms with Crippen molar-refractivity contribution < 1.29 is 9.53 Å². The molecule has 1 aromatic rings. The highest BCUT2D eigenvalue weighted by Crippen LogP contribution is 2.15. The van der Waals surface area contributed by atoms with Crippen molar-refractivity contribution in [3.05, 3.63) is 5.82 Å². The monoisotopic (exact) mass is 352 g/mol. The van der Waals surface area contributed by atoms with Gasteiger partial charge in [-0.15, -0.1) is 15.0 Å².